The second-order valence-electron chi connectivity index (χ2n) is 6.10. The van der Waals surface area contributed by atoms with E-state index >= 15 is 0 Å². The van der Waals surface area contributed by atoms with Gasteiger partial charge in [0.05, 0.1) is 11.6 Å². The van der Waals surface area contributed by atoms with Crippen LogP contribution in [-0.2, 0) is 11.0 Å². The number of rotatable bonds is 3. The highest BCUT2D eigenvalue weighted by Crippen LogP contribution is 2.33. The van der Waals surface area contributed by atoms with E-state index in [2.05, 4.69) is 10.3 Å². The number of carboxylic acids is 1. The molecule has 1 aliphatic heterocycles. The van der Waals surface area contributed by atoms with Gasteiger partial charge in [-0.05, 0) is 31.0 Å². The number of nitrogens with zero attached hydrogens (tertiary/aromatic N) is 4. The van der Waals surface area contributed by atoms with Gasteiger partial charge in [-0.25, -0.2) is 9.07 Å². The molecule has 11 heteroatoms. The fourth-order valence-electron chi connectivity index (χ4n) is 2.98. The normalized spacial score (nSPS) is 17.8. The minimum absolute atomic E-state index is 0.118. The molecule has 0 bridgehead atoms. The molecule has 1 amide bonds. The predicted molar refractivity (Wildman–Crippen MR) is 82.6 cm³/mol. The lowest BCUT2D eigenvalue weighted by molar-refractivity contribution is -0.144. The zero-order chi connectivity index (χ0) is 19.8. The number of halogens is 4. The lowest BCUT2D eigenvalue weighted by Gasteiger charge is -2.30. The van der Waals surface area contributed by atoms with Crippen molar-refractivity contribution in [3.63, 3.8) is 0 Å². The van der Waals surface area contributed by atoms with E-state index in [-0.39, 0.29) is 18.8 Å². The molecule has 3 rings (SSSR count). The lowest BCUT2D eigenvalue weighted by atomic mass is 9.98. The fraction of sp³-hybridized carbons (Fsp3) is 0.375. The Kier molecular flexibility index (Phi) is 4.85. The topological polar surface area (TPSA) is 88.3 Å². The molecule has 0 saturated carbocycles. The van der Waals surface area contributed by atoms with Crippen LogP contribution >= 0.6 is 0 Å². The number of aromatic nitrogens is 3. The molecule has 1 atom stereocenters. The van der Waals surface area contributed by atoms with Crippen LogP contribution in [0.2, 0.25) is 0 Å². The van der Waals surface area contributed by atoms with Gasteiger partial charge >= 0.3 is 12.1 Å². The van der Waals surface area contributed by atoms with Crippen molar-refractivity contribution in [2.45, 2.75) is 19.0 Å². The molecule has 144 valence electrons. The van der Waals surface area contributed by atoms with Gasteiger partial charge in [0.1, 0.15) is 5.82 Å². The highest BCUT2D eigenvalue weighted by molar-refractivity contribution is 5.94. The SMILES string of the molecule is O=C(O)[C@@H]1CCCN(C(=O)c2nnn(-c3cccc(F)c3)c2C(F)(F)F)C1. The second-order valence-corrected chi connectivity index (χ2v) is 6.10. The Labute approximate surface area is 150 Å². The molecule has 1 aromatic heterocycles. The largest absolute Gasteiger partial charge is 0.481 e. The number of carboxylic acid groups (broad SMARTS) is 1. The van der Waals surface area contributed by atoms with Crippen molar-refractivity contribution >= 4 is 11.9 Å². The molecule has 1 aliphatic rings. The van der Waals surface area contributed by atoms with E-state index in [1.165, 1.54) is 12.1 Å². The van der Waals surface area contributed by atoms with Gasteiger partial charge in [-0.2, -0.15) is 13.2 Å². The van der Waals surface area contributed by atoms with Crippen molar-refractivity contribution in [3.8, 4) is 5.69 Å². The molecule has 0 spiro atoms. The van der Waals surface area contributed by atoms with Gasteiger partial charge in [-0.1, -0.05) is 11.3 Å². The predicted octanol–water partition coefficient (Wildman–Crippen LogP) is 2.36. The summed E-state index contributed by atoms with van der Waals surface area (Å²) in [6.45, 7) is -0.0922. The molecule has 1 saturated heterocycles. The van der Waals surface area contributed by atoms with Gasteiger partial charge in [-0.15, -0.1) is 5.10 Å². The van der Waals surface area contributed by atoms with E-state index < -0.39 is 41.2 Å². The van der Waals surface area contributed by atoms with Crippen LogP contribution in [0.15, 0.2) is 24.3 Å². The molecular weight excluding hydrogens is 372 g/mol. The van der Waals surface area contributed by atoms with Crippen LogP contribution in [0.5, 0.6) is 0 Å². The number of carbonyl (C=O) groups is 2. The minimum atomic E-state index is -4.98. The van der Waals surface area contributed by atoms with Gasteiger partial charge in [0.15, 0.2) is 11.4 Å². The lowest BCUT2D eigenvalue weighted by Crippen LogP contribution is -2.43. The monoisotopic (exact) mass is 386 g/mol. The van der Waals surface area contributed by atoms with Gasteiger partial charge in [0.25, 0.3) is 5.91 Å². The van der Waals surface area contributed by atoms with Crippen LogP contribution in [0.4, 0.5) is 17.6 Å². The smallest absolute Gasteiger partial charge is 0.435 e. The molecule has 1 fully saturated rings. The molecule has 0 unspecified atom stereocenters. The van der Waals surface area contributed by atoms with Crippen molar-refractivity contribution in [2.24, 2.45) is 5.92 Å². The number of alkyl halides is 3. The molecular formula is C16H14F4N4O3. The Bertz CT molecular complexity index is 881. The first-order chi connectivity index (χ1) is 12.7. The van der Waals surface area contributed by atoms with Crippen LogP contribution in [0.25, 0.3) is 5.69 Å². The molecule has 7 nitrogen and oxygen atoms in total. The molecule has 0 radical (unpaired) electrons. The van der Waals surface area contributed by atoms with E-state index in [1.807, 2.05) is 0 Å². The molecule has 2 aromatic rings. The average molecular weight is 386 g/mol. The fourth-order valence-corrected chi connectivity index (χ4v) is 2.98. The third-order valence-electron chi connectivity index (χ3n) is 4.25. The Morgan fingerprint density at radius 3 is 2.63 bits per heavy atom. The minimum Gasteiger partial charge on any atom is -0.481 e. The number of carbonyl (C=O) groups excluding carboxylic acids is 1. The van der Waals surface area contributed by atoms with Crippen LogP contribution in [0.1, 0.15) is 29.0 Å². The summed E-state index contributed by atoms with van der Waals surface area (Å²) in [6, 6.07) is 4.29. The molecule has 2 heterocycles. The van der Waals surface area contributed by atoms with Crippen molar-refractivity contribution < 1.29 is 32.3 Å². The highest BCUT2D eigenvalue weighted by atomic mass is 19.4. The third kappa shape index (κ3) is 3.76. The molecule has 0 aliphatic carbocycles. The first-order valence-corrected chi connectivity index (χ1v) is 7.99. The van der Waals surface area contributed by atoms with Gasteiger partial charge in [0, 0.05) is 13.1 Å². The maximum absolute atomic E-state index is 13.6. The first-order valence-electron chi connectivity index (χ1n) is 7.99. The molecule has 27 heavy (non-hydrogen) atoms. The maximum Gasteiger partial charge on any atom is 0.435 e. The van der Waals surface area contributed by atoms with Crippen molar-refractivity contribution in [3.05, 3.63) is 41.5 Å². The van der Waals surface area contributed by atoms with Gasteiger partial charge in [-0.3, -0.25) is 9.59 Å². The van der Waals surface area contributed by atoms with Crippen LogP contribution < -0.4 is 0 Å². The summed E-state index contributed by atoms with van der Waals surface area (Å²) in [6.07, 6.45) is -4.30. The molecule has 1 aromatic carbocycles. The van der Waals surface area contributed by atoms with E-state index in [1.54, 1.807) is 0 Å². The van der Waals surface area contributed by atoms with Gasteiger partial charge in [0.2, 0.25) is 0 Å². The van der Waals surface area contributed by atoms with Gasteiger partial charge < -0.3 is 10.0 Å². The highest BCUT2D eigenvalue weighted by Gasteiger charge is 2.43. The quantitative estimate of drug-likeness (QED) is 0.819. The van der Waals surface area contributed by atoms with Crippen LogP contribution in [0, 0.1) is 11.7 Å². The number of likely N-dealkylation sites (tertiary alicyclic amines) is 1. The Balaban J connectivity index is 2.01. The summed E-state index contributed by atoms with van der Waals surface area (Å²) >= 11 is 0. The van der Waals surface area contributed by atoms with E-state index in [9.17, 15) is 27.2 Å². The molecule has 1 N–H and O–H groups in total. The standard InChI is InChI=1S/C16H14F4N4O3/c17-10-4-1-5-11(7-10)24-13(16(18,19)20)12(21-22-24)14(25)23-6-2-3-9(8-23)15(26)27/h1,4-5,7,9H,2-3,6,8H2,(H,26,27)/t9-/m1/s1. The van der Waals surface area contributed by atoms with Crippen molar-refractivity contribution in [1.82, 2.24) is 19.9 Å². The van der Waals surface area contributed by atoms with E-state index in [0.29, 0.717) is 17.5 Å². The first kappa shape index (κ1) is 18.8. The Morgan fingerprint density at radius 2 is 2.00 bits per heavy atom. The Hall–Kier alpha value is -2.98. The van der Waals surface area contributed by atoms with Crippen LogP contribution in [-0.4, -0.2) is 50.0 Å². The van der Waals surface area contributed by atoms with E-state index in [4.69, 9.17) is 5.11 Å². The average Bonchev–Trinajstić information content (AvgIpc) is 3.06. The zero-order valence-electron chi connectivity index (χ0n) is 13.8. The number of piperidine rings is 1. The Morgan fingerprint density at radius 1 is 1.26 bits per heavy atom. The summed E-state index contributed by atoms with van der Waals surface area (Å²) < 4.78 is 54.5. The van der Waals surface area contributed by atoms with Crippen molar-refractivity contribution in [1.29, 1.82) is 0 Å². The summed E-state index contributed by atoms with van der Waals surface area (Å²) in [5.74, 6) is -3.80. The number of hydrogen-bond acceptors (Lipinski definition) is 4. The maximum atomic E-state index is 13.6. The van der Waals surface area contributed by atoms with Crippen molar-refractivity contribution in [2.75, 3.05) is 13.1 Å². The number of amides is 1. The number of benzene rings is 1. The third-order valence-corrected chi connectivity index (χ3v) is 4.25. The summed E-state index contributed by atoms with van der Waals surface area (Å²) in [5, 5.41) is 15.8. The zero-order valence-corrected chi connectivity index (χ0v) is 13.8. The van der Waals surface area contributed by atoms with E-state index in [0.717, 1.165) is 17.0 Å². The summed E-state index contributed by atoms with van der Waals surface area (Å²) in [7, 11) is 0. The summed E-state index contributed by atoms with van der Waals surface area (Å²) in [5.41, 5.74) is -2.62. The number of aliphatic carboxylic acids is 1. The second kappa shape index (κ2) is 6.97. The number of hydrogen-bond donors (Lipinski definition) is 1. The van der Waals surface area contributed by atoms with Crippen LogP contribution in [0.3, 0.4) is 0 Å². The summed E-state index contributed by atoms with van der Waals surface area (Å²) in [4.78, 5) is 24.7.